The summed E-state index contributed by atoms with van der Waals surface area (Å²) in [6, 6.07) is 15.3. The lowest BCUT2D eigenvalue weighted by molar-refractivity contribution is -0.115. The van der Waals surface area contributed by atoms with Crippen LogP contribution in [0.5, 0.6) is 0 Å². The summed E-state index contributed by atoms with van der Waals surface area (Å²) in [7, 11) is 0. The molecule has 0 saturated carbocycles. The first-order chi connectivity index (χ1) is 13.5. The Morgan fingerprint density at radius 1 is 1.04 bits per heavy atom. The van der Waals surface area contributed by atoms with Gasteiger partial charge in [-0.05, 0) is 43.4 Å². The molecule has 2 aromatic carbocycles. The number of rotatable bonds is 6. The van der Waals surface area contributed by atoms with Gasteiger partial charge in [-0.25, -0.2) is 4.98 Å². The van der Waals surface area contributed by atoms with E-state index in [1.54, 1.807) is 4.57 Å². The molecule has 1 heterocycles. The van der Waals surface area contributed by atoms with Crippen LogP contribution in [-0.2, 0) is 4.79 Å². The molecule has 3 aromatic rings. The minimum absolute atomic E-state index is 0.124. The van der Waals surface area contributed by atoms with E-state index in [0.717, 1.165) is 22.5 Å². The molecule has 0 radical (unpaired) electrons. The zero-order valence-electron chi connectivity index (χ0n) is 16.0. The van der Waals surface area contributed by atoms with E-state index < -0.39 is 0 Å². The average Bonchev–Trinajstić information content (AvgIpc) is 3.14. The molecule has 2 amide bonds. The highest BCUT2D eigenvalue weighted by Crippen LogP contribution is 2.22. The number of para-hydroxylation sites is 2. The molecule has 0 spiro atoms. The summed E-state index contributed by atoms with van der Waals surface area (Å²) in [5, 5.41) is 6.26. The van der Waals surface area contributed by atoms with Crippen LogP contribution in [0.15, 0.2) is 59.9 Å². The zero-order chi connectivity index (χ0) is 20.1. The predicted molar refractivity (Wildman–Crippen MR) is 112 cm³/mol. The van der Waals surface area contributed by atoms with Crippen molar-refractivity contribution in [1.82, 2.24) is 14.9 Å². The number of carbonyl (C=O) groups excluding carboxylic acids is 2. The van der Waals surface area contributed by atoms with Crippen LogP contribution in [0.3, 0.4) is 0 Å². The van der Waals surface area contributed by atoms with Crippen molar-refractivity contribution in [2.24, 2.45) is 0 Å². The number of amides is 2. The van der Waals surface area contributed by atoms with Crippen molar-refractivity contribution in [3.63, 3.8) is 0 Å². The standard InChI is InChI=1S/C21H22N4O2S/c1-14-8-7-9-15(2)19(14)24-18(26)13-22-20(27)17-12-23-21(28-3)25(17)16-10-5-4-6-11-16/h4-12H,13H2,1-3H3,(H,22,27)(H,24,26). The third-order valence-corrected chi connectivity index (χ3v) is 4.97. The number of nitrogens with zero attached hydrogens (tertiary/aromatic N) is 2. The Morgan fingerprint density at radius 3 is 2.36 bits per heavy atom. The minimum atomic E-state index is -0.353. The van der Waals surface area contributed by atoms with E-state index in [1.165, 1.54) is 18.0 Å². The zero-order valence-corrected chi connectivity index (χ0v) is 16.8. The number of anilines is 1. The molecule has 1 aromatic heterocycles. The van der Waals surface area contributed by atoms with Gasteiger partial charge in [0.2, 0.25) is 5.91 Å². The number of imidazole rings is 1. The highest BCUT2D eigenvalue weighted by molar-refractivity contribution is 7.98. The van der Waals surface area contributed by atoms with Crippen molar-refractivity contribution in [2.45, 2.75) is 19.0 Å². The first-order valence-electron chi connectivity index (χ1n) is 8.82. The monoisotopic (exact) mass is 394 g/mol. The molecular weight excluding hydrogens is 372 g/mol. The summed E-state index contributed by atoms with van der Waals surface area (Å²) < 4.78 is 1.78. The van der Waals surface area contributed by atoms with Gasteiger partial charge in [0.15, 0.2) is 5.16 Å². The highest BCUT2D eigenvalue weighted by Gasteiger charge is 2.18. The van der Waals surface area contributed by atoms with E-state index >= 15 is 0 Å². The Bertz CT molecular complexity index is 979. The van der Waals surface area contributed by atoms with Crippen molar-refractivity contribution < 1.29 is 9.59 Å². The van der Waals surface area contributed by atoms with Crippen molar-refractivity contribution >= 4 is 29.3 Å². The van der Waals surface area contributed by atoms with E-state index in [4.69, 9.17) is 0 Å². The molecule has 2 N–H and O–H groups in total. The molecule has 0 unspecified atom stereocenters. The molecule has 0 aliphatic heterocycles. The maximum Gasteiger partial charge on any atom is 0.270 e. The fourth-order valence-electron chi connectivity index (χ4n) is 2.91. The van der Waals surface area contributed by atoms with Gasteiger partial charge in [0, 0.05) is 11.4 Å². The van der Waals surface area contributed by atoms with E-state index in [0.29, 0.717) is 10.9 Å². The largest absolute Gasteiger partial charge is 0.342 e. The predicted octanol–water partition coefficient (Wildman–Crippen LogP) is 3.58. The Kier molecular flexibility index (Phi) is 6.16. The number of aryl methyl sites for hydroxylation is 2. The quantitative estimate of drug-likeness (QED) is 0.627. The van der Waals surface area contributed by atoms with Crippen LogP contribution >= 0.6 is 11.8 Å². The van der Waals surface area contributed by atoms with Crippen LogP contribution in [0.2, 0.25) is 0 Å². The second-order valence-electron chi connectivity index (χ2n) is 6.30. The molecule has 0 aliphatic carbocycles. The van der Waals surface area contributed by atoms with Gasteiger partial charge in [-0.1, -0.05) is 48.2 Å². The van der Waals surface area contributed by atoms with E-state index in [1.807, 2.05) is 68.6 Å². The van der Waals surface area contributed by atoms with Crippen LogP contribution < -0.4 is 10.6 Å². The van der Waals surface area contributed by atoms with Crippen LogP contribution in [-0.4, -0.2) is 34.2 Å². The van der Waals surface area contributed by atoms with Gasteiger partial charge in [-0.2, -0.15) is 0 Å². The third-order valence-electron chi connectivity index (χ3n) is 4.31. The maximum atomic E-state index is 12.7. The van der Waals surface area contributed by atoms with Crippen LogP contribution in [0.1, 0.15) is 21.6 Å². The highest BCUT2D eigenvalue weighted by atomic mass is 32.2. The summed E-state index contributed by atoms with van der Waals surface area (Å²) in [5.41, 5.74) is 3.96. The van der Waals surface area contributed by atoms with E-state index in [2.05, 4.69) is 15.6 Å². The summed E-state index contributed by atoms with van der Waals surface area (Å²) >= 11 is 1.45. The van der Waals surface area contributed by atoms with Crippen molar-refractivity contribution in [3.8, 4) is 5.69 Å². The average molecular weight is 395 g/mol. The summed E-state index contributed by atoms with van der Waals surface area (Å²) in [5.74, 6) is -0.630. The summed E-state index contributed by atoms with van der Waals surface area (Å²) in [6.07, 6.45) is 3.43. The second kappa shape index (κ2) is 8.75. The summed E-state index contributed by atoms with van der Waals surface area (Å²) in [6.45, 7) is 3.74. The van der Waals surface area contributed by atoms with Crippen molar-refractivity contribution in [2.75, 3.05) is 18.1 Å². The van der Waals surface area contributed by atoms with Gasteiger partial charge in [0.05, 0.1) is 12.7 Å². The molecule has 0 aliphatic rings. The Hall–Kier alpha value is -3.06. The third kappa shape index (κ3) is 4.26. The lowest BCUT2D eigenvalue weighted by Gasteiger charge is -2.13. The number of carbonyl (C=O) groups is 2. The molecule has 0 fully saturated rings. The van der Waals surface area contributed by atoms with E-state index in [9.17, 15) is 9.59 Å². The molecule has 0 saturated heterocycles. The molecule has 3 rings (SSSR count). The first-order valence-corrected chi connectivity index (χ1v) is 10.0. The first kappa shape index (κ1) is 19.7. The fourth-order valence-corrected chi connectivity index (χ4v) is 3.46. The number of hydrogen-bond acceptors (Lipinski definition) is 4. The van der Waals surface area contributed by atoms with Gasteiger partial charge in [0.1, 0.15) is 5.69 Å². The van der Waals surface area contributed by atoms with Crippen LogP contribution in [0.25, 0.3) is 5.69 Å². The fraction of sp³-hybridized carbons (Fsp3) is 0.190. The minimum Gasteiger partial charge on any atom is -0.342 e. The molecule has 0 atom stereocenters. The molecule has 0 bridgehead atoms. The van der Waals surface area contributed by atoms with Gasteiger partial charge in [0.25, 0.3) is 5.91 Å². The molecular formula is C21H22N4O2S. The normalized spacial score (nSPS) is 10.5. The smallest absolute Gasteiger partial charge is 0.270 e. The van der Waals surface area contributed by atoms with Crippen molar-refractivity contribution in [3.05, 3.63) is 71.5 Å². The number of benzene rings is 2. The lowest BCUT2D eigenvalue weighted by Crippen LogP contribution is -2.34. The van der Waals surface area contributed by atoms with Gasteiger partial charge >= 0.3 is 0 Å². The van der Waals surface area contributed by atoms with Gasteiger partial charge in [-0.15, -0.1) is 0 Å². The number of thioether (sulfide) groups is 1. The molecule has 6 nitrogen and oxygen atoms in total. The SMILES string of the molecule is CSc1ncc(C(=O)NCC(=O)Nc2c(C)cccc2C)n1-c1ccccc1. The Labute approximate surface area is 168 Å². The number of hydrogen-bond donors (Lipinski definition) is 2. The van der Waals surface area contributed by atoms with Crippen LogP contribution in [0, 0.1) is 13.8 Å². The molecule has 28 heavy (non-hydrogen) atoms. The van der Waals surface area contributed by atoms with Gasteiger partial charge < -0.3 is 10.6 Å². The topological polar surface area (TPSA) is 76.0 Å². The second-order valence-corrected chi connectivity index (χ2v) is 7.07. The molecule has 7 heteroatoms. The van der Waals surface area contributed by atoms with Gasteiger partial charge in [-0.3, -0.25) is 14.2 Å². The van der Waals surface area contributed by atoms with Crippen LogP contribution in [0.4, 0.5) is 5.69 Å². The maximum absolute atomic E-state index is 12.7. The Morgan fingerprint density at radius 2 is 1.71 bits per heavy atom. The number of nitrogens with one attached hydrogen (secondary N) is 2. The number of aromatic nitrogens is 2. The van der Waals surface area contributed by atoms with Crippen molar-refractivity contribution in [1.29, 1.82) is 0 Å². The Balaban J connectivity index is 1.72. The molecule has 144 valence electrons. The van der Waals surface area contributed by atoms with E-state index in [-0.39, 0.29) is 18.4 Å². The summed E-state index contributed by atoms with van der Waals surface area (Å²) in [4.78, 5) is 29.3. The lowest BCUT2D eigenvalue weighted by atomic mass is 10.1.